The van der Waals surface area contributed by atoms with E-state index in [-0.39, 0.29) is 30.4 Å². The van der Waals surface area contributed by atoms with Crippen molar-refractivity contribution in [3.63, 3.8) is 0 Å². The highest BCUT2D eigenvalue weighted by molar-refractivity contribution is 6.46. The van der Waals surface area contributed by atoms with Crippen molar-refractivity contribution < 1.29 is 24.0 Å². The van der Waals surface area contributed by atoms with Crippen molar-refractivity contribution in [3.05, 3.63) is 39.9 Å². The van der Waals surface area contributed by atoms with E-state index in [9.17, 15) is 19.7 Å². The number of nitrogens with zero attached hydrogens (tertiary/aromatic N) is 2. The third-order valence-electron chi connectivity index (χ3n) is 4.22. The second-order valence-corrected chi connectivity index (χ2v) is 6.03. The first-order chi connectivity index (χ1) is 11.9. The zero-order chi connectivity index (χ0) is 18.2. The van der Waals surface area contributed by atoms with Crippen LogP contribution in [0.5, 0.6) is 0 Å². The number of non-ortho nitro benzene ring substituents is 1. The van der Waals surface area contributed by atoms with Gasteiger partial charge < -0.3 is 9.47 Å². The van der Waals surface area contributed by atoms with Crippen molar-refractivity contribution in [2.45, 2.75) is 31.4 Å². The molecule has 9 heteroatoms. The summed E-state index contributed by atoms with van der Waals surface area (Å²) in [4.78, 5) is 35.4. The van der Waals surface area contributed by atoms with E-state index in [2.05, 4.69) is 10.5 Å². The maximum Gasteiger partial charge on any atom is 0.331 e. The number of benzene rings is 1. The van der Waals surface area contributed by atoms with Crippen LogP contribution in [0, 0.1) is 10.1 Å². The highest BCUT2D eigenvalue weighted by atomic mass is 16.6. The molecule has 25 heavy (non-hydrogen) atoms. The molecule has 0 aliphatic carbocycles. The van der Waals surface area contributed by atoms with Crippen molar-refractivity contribution in [2.75, 3.05) is 13.2 Å². The molecule has 0 amide bonds. The second-order valence-electron chi connectivity index (χ2n) is 6.03. The first-order valence-electron chi connectivity index (χ1n) is 7.80. The SMILES string of the molecule is CCOC(=O)[C@@H]1NN=C(C(=O)C2(C)CO2)[C@H]1c1cccc([N+](=O)[O-])c1. The van der Waals surface area contributed by atoms with Crippen LogP contribution in [0.4, 0.5) is 5.69 Å². The number of Topliss-reactive ketones (excluding diaryl/α,β-unsaturated/α-hetero) is 1. The van der Waals surface area contributed by atoms with E-state index in [0.717, 1.165) is 0 Å². The van der Waals surface area contributed by atoms with Crippen LogP contribution in [0.2, 0.25) is 0 Å². The van der Waals surface area contributed by atoms with Gasteiger partial charge in [-0.2, -0.15) is 5.10 Å². The molecular formula is C16H17N3O6. The van der Waals surface area contributed by atoms with E-state index in [1.807, 2.05) is 0 Å². The molecule has 3 rings (SSSR count). The van der Waals surface area contributed by atoms with E-state index >= 15 is 0 Å². The number of ether oxygens (including phenoxy) is 2. The lowest BCUT2D eigenvalue weighted by Crippen LogP contribution is -2.40. The summed E-state index contributed by atoms with van der Waals surface area (Å²) in [6.45, 7) is 3.75. The summed E-state index contributed by atoms with van der Waals surface area (Å²) in [5.74, 6) is -1.71. The molecule has 1 unspecified atom stereocenters. The molecular weight excluding hydrogens is 330 g/mol. The number of ketones is 1. The van der Waals surface area contributed by atoms with Gasteiger partial charge in [-0.25, -0.2) is 4.79 Å². The molecule has 9 nitrogen and oxygen atoms in total. The van der Waals surface area contributed by atoms with Crippen molar-refractivity contribution in [3.8, 4) is 0 Å². The number of epoxide rings is 1. The number of hydrazone groups is 1. The number of nitro benzene ring substituents is 1. The van der Waals surface area contributed by atoms with Gasteiger partial charge in [-0.1, -0.05) is 12.1 Å². The van der Waals surface area contributed by atoms with Crippen LogP contribution >= 0.6 is 0 Å². The van der Waals surface area contributed by atoms with Crippen LogP contribution in [0.25, 0.3) is 0 Å². The van der Waals surface area contributed by atoms with Crippen LogP contribution in [0.15, 0.2) is 29.4 Å². The molecule has 1 aromatic carbocycles. The van der Waals surface area contributed by atoms with E-state index < -0.39 is 28.5 Å². The van der Waals surface area contributed by atoms with Crippen LogP contribution in [-0.2, 0) is 19.1 Å². The van der Waals surface area contributed by atoms with Gasteiger partial charge in [-0.05, 0) is 19.4 Å². The van der Waals surface area contributed by atoms with Crippen molar-refractivity contribution in [1.82, 2.24) is 5.43 Å². The fraction of sp³-hybridized carbons (Fsp3) is 0.438. The number of rotatable bonds is 6. The molecule has 0 spiro atoms. The molecule has 3 atom stereocenters. The molecule has 2 aliphatic rings. The van der Waals surface area contributed by atoms with Crippen LogP contribution in [0.3, 0.4) is 0 Å². The molecule has 132 valence electrons. The molecule has 2 heterocycles. The second kappa shape index (κ2) is 6.25. The molecule has 0 bridgehead atoms. The number of hydrogen-bond donors (Lipinski definition) is 1. The molecule has 1 aromatic rings. The van der Waals surface area contributed by atoms with Crippen molar-refractivity contribution >= 4 is 23.2 Å². The minimum Gasteiger partial charge on any atom is -0.464 e. The number of esters is 1. The molecule has 0 aromatic heterocycles. The molecule has 0 saturated carbocycles. The fourth-order valence-electron chi connectivity index (χ4n) is 2.75. The zero-order valence-corrected chi connectivity index (χ0v) is 13.7. The normalized spacial score (nSPS) is 27.2. The predicted molar refractivity (Wildman–Crippen MR) is 86.2 cm³/mol. The van der Waals surface area contributed by atoms with E-state index in [1.165, 1.54) is 18.2 Å². The van der Waals surface area contributed by atoms with Crippen LogP contribution in [-0.4, -0.2) is 47.2 Å². The standard InChI is InChI=1S/C16H17N3O6/c1-3-24-15(21)13-11(9-5-4-6-10(7-9)19(22)23)12(17-18-13)14(20)16(2)8-25-16/h4-7,11,13,18H,3,8H2,1-2H3/t11-,13-,16?/m1/s1. The lowest BCUT2D eigenvalue weighted by molar-refractivity contribution is -0.384. The van der Waals surface area contributed by atoms with Crippen LogP contribution in [0.1, 0.15) is 25.3 Å². The average Bonchev–Trinajstić information content (AvgIpc) is 3.19. The average molecular weight is 347 g/mol. The Bertz CT molecular complexity index is 771. The predicted octanol–water partition coefficient (Wildman–Crippen LogP) is 0.927. The Morgan fingerprint density at radius 3 is 2.84 bits per heavy atom. The summed E-state index contributed by atoms with van der Waals surface area (Å²) in [6, 6.07) is 4.88. The van der Waals surface area contributed by atoms with Gasteiger partial charge in [0, 0.05) is 12.1 Å². The van der Waals surface area contributed by atoms with Gasteiger partial charge >= 0.3 is 5.97 Å². The van der Waals surface area contributed by atoms with Crippen LogP contribution < -0.4 is 5.43 Å². The third kappa shape index (κ3) is 3.10. The fourth-order valence-corrected chi connectivity index (χ4v) is 2.75. The van der Waals surface area contributed by atoms with E-state index in [0.29, 0.717) is 5.56 Å². The summed E-state index contributed by atoms with van der Waals surface area (Å²) in [7, 11) is 0. The van der Waals surface area contributed by atoms with Gasteiger partial charge in [0.2, 0.25) is 5.78 Å². The smallest absolute Gasteiger partial charge is 0.331 e. The maximum absolute atomic E-state index is 12.7. The summed E-state index contributed by atoms with van der Waals surface area (Å²) in [5.41, 5.74) is 2.10. The monoisotopic (exact) mass is 347 g/mol. The maximum atomic E-state index is 12.7. The Morgan fingerprint density at radius 1 is 1.52 bits per heavy atom. The van der Waals surface area contributed by atoms with Gasteiger partial charge in [-0.3, -0.25) is 20.3 Å². The summed E-state index contributed by atoms with van der Waals surface area (Å²) >= 11 is 0. The van der Waals surface area contributed by atoms with Gasteiger partial charge in [0.1, 0.15) is 5.71 Å². The summed E-state index contributed by atoms with van der Waals surface area (Å²) in [6.07, 6.45) is 0. The first-order valence-corrected chi connectivity index (χ1v) is 7.80. The summed E-state index contributed by atoms with van der Waals surface area (Å²) < 4.78 is 10.2. The van der Waals surface area contributed by atoms with E-state index in [4.69, 9.17) is 9.47 Å². The minimum absolute atomic E-state index is 0.110. The Kier molecular flexibility index (Phi) is 4.25. The highest BCUT2D eigenvalue weighted by Gasteiger charge is 2.53. The van der Waals surface area contributed by atoms with Crippen molar-refractivity contribution in [1.29, 1.82) is 0 Å². The van der Waals surface area contributed by atoms with Crippen molar-refractivity contribution in [2.24, 2.45) is 5.10 Å². The molecule has 1 saturated heterocycles. The van der Waals surface area contributed by atoms with Gasteiger partial charge in [0.25, 0.3) is 5.69 Å². The van der Waals surface area contributed by atoms with E-state index in [1.54, 1.807) is 19.9 Å². The number of nitrogens with one attached hydrogen (secondary N) is 1. The number of carbonyl (C=O) groups excluding carboxylic acids is 2. The largest absolute Gasteiger partial charge is 0.464 e. The zero-order valence-electron chi connectivity index (χ0n) is 13.7. The third-order valence-corrected chi connectivity index (χ3v) is 4.22. The Morgan fingerprint density at radius 2 is 2.24 bits per heavy atom. The molecule has 0 radical (unpaired) electrons. The minimum atomic E-state index is -0.955. The Balaban J connectivity index is 1.99. The topological polar surface area (TPSA) is 123 Å². The lowest BCUT2D eigenvalue weighted by Gasteiger charge is -2.19. The number of nitro groups is 1. The number of hydrogen-bond acceptors (Lipinski definition) is 8. The Hall–Kier alpha value is -2.81. The number of carbonyl (C=O) groups is 2. The first kappa shape index (κ1) is 17.0. The van der Waals surface area contributed by atoms with Gasteiger partial charge in [-0.15, -0.1) is 0 Å². The molecule has 2 aliphatic heterocycles. The molecule has 1 fully saturated rings. The highest BCUT2D eigenvalue weighted by Crippen LogP contribution is 2.35. The quantitative estimate of drug-likeness (QED) is 0.351. The van der Waals surface area contributed by atoms with Gasteiger partial charge in [0.05, 0.1) is 24.1 Å². The lowest BCUT2D eigenvalue weighted by atomic mass is 9.84. The van der Waals surface area contributed by atoms with Gasteiger partial charge in [0.15, 0.2) is 11.6 Å². The Labute approximate surface area is 143 Å². The summed E-state index contributed by atoms with van der Waals surface area (Å²) in [5, 5.41) is 15.1. The molecule has 1 N–H and O–H groups in total.